The fourth-order valence-electron chi connectivity index (χ4n) is 3.60. The number of ether oxygens (including phenoxy) is 1. The minimum Gasteiger partial charge on any atom is -0.367 e. The van der Waals surface area contributed by atoms with Crippen molar-refractivity contribution in [1.29, 1.82) is 0 Å². The molecule has 1 amide bonds. The lowest BCUT2D eigenvalue weighted by Crippen LogP contribution is -2.48. The summed E-state index contributed by atoms with van der Waals surface area (Å²) in [6.45, 7) is 6.68. The number of morpholine rings is 1. The Morgan fingerprint density at radius 3 is 2.72 bits per heavy atom. The second-order valence-corrected chi connectivity index (χ2v) is 6.76. The van der Waals surface area contributed by atoms with E-state index in [9.17, 15) is 4.79 Å². The molecule has 0 bridgehead atoms. The molecule has 3 heterocycles. The van der Waals surface area contributed by atoms with Gasteiger partial charge >= 0.3 is 0 Å². The number of H-pyrrole nitrogens is 1. The molecular weight excluding hydrogens is 318 g/mol. The van der Waals surface area contributed by atoms with Crippen LogP contribution in [0.3, 0.4) is 0 Å². The van der Waals surface area contributed by atoms with E-state index in [1.807, 2.05) is 36.1 Å². The number of amides is 1. The quantitative estimate of drug-likeness (QED) is 0.918. The van der Waals surface area contributed by atoms with Crippen LogP contribution in [0.25, 0.3) is 0 Å². The molecule has 25 heavy (non-hydrogen) atoms. The predicted molar refractivity (Wildman–Crippen MR) is 93.3 cm³/mol. The van der Waals surface area contributed by atoms with Crippen molar-refractivity contribution in [3.8, 4) is 0 Å². The first-order chi connectivity index (χ1) is 12.1. The molecule has 0 radical (unpaired) electrons. The average Bonchev–Trinajstić information content (AvgIpc) is 3.22. The van der Waals surface area contributed by atoms with E-state index in [0.29, 0.717) is 19.0 Å². The van der Waals surface area contributed by atoms with Crippen LogP contribution in [-0.2, 0) is 9.53 Å². The third kappa shape index (κ3) is 3.17. The zero-order valence-electron chi connectivity index (χ0n) is 14.6. The van der Waals surface area contributed by atoms with Crippen LogP contribution in [0.5, 0.6) is 0 Å². The molecule has 2 aliphatic heterocycles. The van der Waals surface area contributed by atoms with Crippen molar-refractivity contribution in [2.24, 2.45) is 0 Å². The number of nitrogens with zero attached hydrogens (tertiary/aromatic N) is 4. The third-order valence-corrected chi connectivity index (χ3v) is 4.96. The minimum absolute atomic E-state index is 0.0901. The van der Waals surface area contributed by atoms with Crippen LogP contribution in [0.15, 0.2) is 24.3 Å². The summed E-state index contributed by atoms with van der Waals surface area (Å²) in [7, 11) is 0. The van der Waals surface area contributed by atoms with Gasteiger partial charge in [-0.15, -0.1) is 0 Å². The highest BCUT2D eigenvalue weighted by Crippen LogP contribution is 2.28. The SMILES string of the molecule is Cc1ccc(N2CC[C@H](N3CCO[C@@H](c4n[nH]c(C)n4)C3)C2=O)cc1. The van der Waals surface area contributed by atoms with Gasteiger partial charge in [0.1, 0.15) is 11.9 Å². The van der Waals surface area contributed by atoms with Crippen LogP contribution >= 0.6 is 0 Å². The zero-order valence-corrected chi connectivity index (χ0v) is 14.6. The van der Waals surface area contributed by atoms with Crippen molar-refractivity contribution in [2.45, 2.75) is 32.4 Å². The second-order valence-electron chi connectivity index (χ2n) is 6.76. The van der Waals surface area contributed by atoms with Gasteiger partial charge in [-0.05, 0) is 32.4 Å². The Hall–Kier alpha value is -2.25. The molecule has 2 saturated heterocycles. The monoisotopic (exact) mass is 341 g/mol. The molecule has 1 aromatic carbocycles. The Balaban J connectivity index is 1.46. The fraction of sp³-hybridized carbons (Fsp3) is 0.500. The van der Waals surface area contributed by atoms with Crippen molar-refractivity contribution in [1.82, 2.24) is 20.1 Å². The smallest absolute Gasteiger partial charge is 0.244 e. The van der Waals surface area contributed by atoms with Gasteiger partial charge < -0.3 is 9.64 Å². The molecule has 0 saturated carbocycles. The highest BCUT2D eigenvalue weighted by atomic mass is 16.5. The van der Waals surface area contributed by atoms with E-state index in [2.05, 4.69) is 27.0 Å². The van der Waals surface area contributed by atoms with Gasteiger partial charge in [-0.3, -0.25) is 14.8 Å². The summed E-state index contributed by atoms with van der Waals surface area (Å²) in [5, 5.41) is 7.06. The molecule has 1 aromatic heterocycles. The van der Waals surface area contributed by atoms with Crippen molar-refractivity contribution in [3.63, 3.8) is 0 Å². The number of aromatic amines is 1. The van der Waals surface area contributed by atoms with Crippen molar-refractivity contribution in [3.05, 3.63) is 41.5 Å². The number of hydrogen-bond donors (Lipinski definition) is 1. The molecule has 1 N–H and O–H groups in total. The van der Waals surface area contributed by atoms with E-state index in [-0.39, 0.29) is 18.1 Å². The summed E-state index contributed by atoms with van der Waals surface area (Å²) in [6.07, 6.45) is 0.659. The summed E-state index contributed by atoms with van der Waals surface area (Å²) in [4.78, 5) is 21.4. The lowest BCUT2D eigenvalue weighted by molar-refractivity contribution is -0.125. The maximum Gasteiger partial charge on any atom is 0.244 e. The van der Waals surface area contributed by atoms with Crippen LogP contribution in [0, 0.1) is 13.8 Å². The van der Waals surface area contributed by atoms with E-state index >= 15 is 0 Å². The summed E-state index contributed by atoms with van der Waals surface area (Å²) in [6, 6.07) is 8.05. The number of rotatable bonds is 3. The Labute approximate surface area is 147 Å². The van der Waals surface area contributed by atoms with E-state index in [4.69, 9.17) is 4.74 Å². The summed E-state index contributed by atoms with van der Waals surface area (Å²) in [5.74, 6) is 1.62. The lowest BCUT2D eigenvalue weighted by Gasteiger charge is -2.34. The highest BCUT2D eigenvalue weighted by Gasteiger charge is 2.39. The van der Waals surface area contributed by atoms with Gasteiger partial charge in [-0.2, -0.15) is 5.10 Å². The zero-order chi connectivity index (χ0) is 17.4. The van der Waals surface area contributed by atoms with Crippen molar-refractivity contribution in [2.75, 3.05) is 31.1 Å². The Bertz CT molecular complexity index is 757. The molecular formula is C18H23N5O2. The number of hydrogen-bond acceptors (Lipinski definition) is 5. The molecule has 2 aliphatic rings. The largest absolute Gasteiger partial charge is 0.367 e. The number of anilines is 1. The van der Waals surface area contributed by atoms with Gasteiger partial charge in [-0.1, -0.05) is 17.7 Å². The van der Waals surface area contributed by atoms with Crippen LogP contribution in [0.1, 0.15) is 29.7 Å². The number of aromatic nitrogens is 3. The molecule has 7 heteroatoms. The van der Waals surface area contributed by atoms with Crippen LogP contribution in [0.2, 0.25) is 0 Å². The number of aryl methyl sites for hydroxylation is 2. The summed E-state index contributed by atoms with van der Waals surface area (Å²) >= 11 is 0. The van der Waals surface area contributed by atoms with Crippen molar-refractivity contribution < 1.29 is 9.53 Å². The molecule has 2 aromatic rings. The summed E-state index contributed by atoms with van der Waals surface area (Å²) < 4.78 is 5.82. The van der Waals surface area contributed by atoms with Gasteiger partial charge in [0.2, 0.25) is 5.91 Å². The van der Waals surface area contributed by atoms with Crippen LogP contribution < -0.4 is 4.90 Å². The third-order valence-electron chi connectivity index (χ3n) is 4.96. The van der Waals surface area contributed by atoms with Crippen LogP contribution in [-0.4, -0.2) is 58.3 Å². The maximum atomic E-state index is 12.9. The molecule has 0 spiro atoms. The average molecular weight is 341 g/mol. The van der Waals surface area contributed by atoms with Gasteiger partial charge in [0.05, 0.1) is 12.6 Å². The van der Waals surface area contributed by atoms with Crippen molar-refractivity contribution >= 4 is 11.6 Å². The molecule has 0 unspecified atom stereocenters. The molecule has 7 nitrogen and oxygen atoms in total. The Morgan fingerprint density at radius 1 is 1.20 bits per heavy atom. The maximum absolute atomic E-state index is 12.9. The minimum atomic E-state index is -0.181. The predicted octanol–water partition coefficient (Wildman–Crippen LogP) is 1.60. The van der Waals surface area contributed by atoms with Crippen LogP contribution in [0.4, 0.5) is 5.69 Å². The van der Waals surface area contributed by atoms with Gasteiger partial charge in [-0.25, -0.2) is 4.98 Å². The first kappa shape index (κ1) is 16.2. The second kappa shape index (κ2) is 6.57. The summed E-state index contributed by atoms with van der Waals surface area (Å²) in [5.41, 5.74) is 2.18. The lowest BCUT2D eigenvalue weighted by atomic mass is 10.1. The molecule has 2 atom stereocenters. The molecule has 0 aliphatic carbocycles. The molecule has 4 rings (SSSR count). The first-order valence-electron chi connectivity index (χ1n) is 8.74. The van der Waals surface area contributed by atoms with E-state index in [1.54, 1.807) is 0 Å². The highest BCUT2D eigenvalue weighted by molar-refractivity contribution is 5.99. The Morgan fingerprint density at radius 2 is 2.00 bits per heavy atom. The first-order valence-corrected chi connectivity index (χ1v) is 8.74. The normalized spacial score (nSPS) is 24.9. The topological polar surface area (TPSA) is 74.3 Å². The number of carbonyl (C=O) groups excluding carboxylic acids is 1. The molecule has 132 valence electrons. The van der Waals surface area contributed by atoms with E-state index in [0.717, 1.165) is 31.0 Å². The van der Waals surface area contributed by atoms with E-state index in [1.165, 1.54) is 5.56 Å². The molecule has 2 fully saturated rings. The number of carbonyl (C=O) groups is 1. The van der Waals surface area contributed by atoms with Gasteiger partial charge in [0.15, 0.2) is 5.82 Å². The number of nitrogens with one attached hydrogen (secondary N) is 1. The Kier molecular flexibility index (Phi) is 4.27. The number of benzene rings is 1. The van der Waals surface area contributed by atoms with E-state index < -0.39 is 0 Å². The standard InChI is InChI=1S/C18H23N5O2/c1-12-3-5-14(6-4-12)23-8-7-15(18(23)24)22-9-10-25-16(11-22)17-19-13(2)20-21-17/h3-6,15-16H,7-11H2,1-2H3,(H,19,20,21)/t15-,16+/m0/s1. The van der Waals surface area contributed by atoms with Gasteiger partial charge in [0.25, 0.3) is 0 Å². The van der Waals surface area contributed by atoms with Gasteiger partial charge in [0, 0.05) is 25.3 Å². The fourth-order valence-corrected chi connectivity index (χ4v) is 3.60.